The Morgan fingerprint density at radius 3 is 3.08 bits per heavy atom. The number of nitrogens with zero attached hydrogens (tertiary/aromatic N) is 2. The van der Waals surface area contributed by atoms with Gasteiger partial charge in [0.05, 0.1) is 11.1 Å². The molecule has 0 radical (unpaired) electrons. The van der Waals surface area contributed by atoms with E-state index in [-0.39, 0.29) is 12.5 Å². The second kappa shape index (κ2) is 6.46. The lowest BCUT2D eigenvalue weighted by Crippen LogP contribution is -2.24. The summed E-state index contributed by atoms with van der Waals surface area (Å²) in [7, 11) is 0. The average Bonchev–Trinajstić information content (AvgIpc) is 3.11. The summed E-state index contributed by atoms with van der Waals surface area (Å²) in [5.74, 6) is -0.324. The fraction of sp³-hybridized carbons (Fsp3) is 0.316. The van der Waals surface area contributed by atoms with Crippen molar-refractivity contribution in [2.24, 2.45) is 5.92 Å². The van der Waals surface area contributed by atoms with Crippen LogP contribution in [0.3, 0.4) is 0 Å². The molecule has 1 aliphatic rings. The summed E-state index contributed by atoms with van der Waals surface area (Å²) in [6.45, 7) is 2.04. The van der Waals surface area contributed by atoms with E-state index in [1.807, 2.05) is 0 Å². The Morgan fingerprint density at radius 2 is 2.27 bits per heavy atom. The smallest absolute Gasteiger partial charge is 0.408 e. The minimum atomic E-state index is -0.568. The number of thiophene rings is 1. The molecule has 0 aliphatic heterocycles. The molecule has 1 amide bonds. The van der Waals surface area contributed by atoms with Crippen molar-refractivity contribution in [3.8, 4) is 6.07 Å². The van der Waals surface area contributed by atoms with E-state index in [9.17, 15) is 14.9 Å². The van der Waals surface area contributed by atoms with Crippen LogP contribution in [0.1, 0.15) is 29.3 Å². The van der Waals surface area contributed by atoms with E-state index < -0.39 is 5.76 Å². The maximum atomic E-state index is 12.5. The topological polar surface area (TPSA) is 88.0 Å². The Labute approximate surface area is 153 Å². The second-order valence-corrected chi connectivity index (χ2v) is 7.74. The van der Waals surface area contributed by atoms with Crippen LogP contribution in [0.4, 0.5) is 5.00 Å². The first-order chi connectivity index (χ1) is 12.6. The molecule has 0 bridgehead atoms. The number of fused-ring (bicyclic) bond motifs is 2. The van der Waals surface area contributed by atoms with Gasteiger partial charge in [-0.3, -0.25) is 9.36 Å². The number of anilines is 1. The molecule has 0 spiro atoms. The lowest BCUT2D eigenvalue weighted by atomic mass is 9.89. The zero-order valence-electron chi connectivity index (χ0n) is 14.2. The van der Waals surface area contributed by atoms with E-state index in [1.165, 1.54) is 20.8 Å². The summed E-state index contributed by atoms with van der Waals surface area (Å²) in [4.78, 5) is 25.7. The molecular formula is C19H17N3O3S. The SMILES string of the molecule is CC1CCc2c(sc(NC(=O)Cn3c(=O)oc4ccccc43)c2C#N)C1. The molecule has 0 saturated heterocycles. The van der Waals surface area contributed by atoms with E-state index in [0.717, 1.165) is 24.8 Å². The lowest BCUT2D eigenvalue weighted by Gasteiger charge is -2.17. The Hall–Kier alpha value is -2.85. The van der Waals surface area contributed by atoms with Gasteiger partial charge in [0.15, 0.2) is 5.58 Å². The molecule has 1 unspecified atom stereocenters. The summed E-state index contributed by atoms with van der Waals surface area (Å²) in [5.41, 5.74) is 2.66. The molecule has 0 saturated carbocycles. The van der Waals surface area contributed by atoms with Crippen LogP contribution in [0.15, 0.2) is 33.5 Å². The third kappa shape index (κ3) is 2.82. The highest BCUT2D eigenvalue weighted by molar-refractivity contribution is 7.16. The standard InChI is InChI=1S/C19H17N3O3S/c1-11-6-7-12-13(9-20)18(26-16(12)8-11)21-17(23)10-22-14-4-2-3-5-15(14)25-19(22)24/h2-5,11H,6-8,10H2,1H3,(H,21,23). The van der Waals surface area contributed by atoms with Gasteiger partial charge in [-0.05, 0) is 42.9 Å². The van der Waals surface area contributed by atoms with Gasteiger partial charge in [0, 0.05) is 4.88 Å². The number of hydrogen-bond acceptors (Lipinski definition) is 5. The molecule has 0 fully saturated rings. The minimum absolute atomic E-state index is 0.153. The second-order valence-electron chi connectivity index (χ2n) is 6.64. The van der Waals surface area contributed by atoms with Gasteiger partial charge in [0.25, 0.3) is 0 Å². The number of rotatable bonds is 3. The molecule has 2 aromatic heterocycles. The van der Waals surface area contributed by atoms with Gasteiger partial charge in [-0.2, -0.15) is 5.26 Å². The number of nitriles is 1. The number of oxazole rings is 1. The van der Waals surface area contributed by atoms with Gasteiger partial charge in [0.2, 0.25) is 5.91 Å². The summed E-state index contributed by atoms with van der Waals surface area (Å²) >= 11 is 1.47. The van der Waals surface area contributed by atoms with Crippen LogP contribution in [0.5, 0.6) is 0 Å². The third-order valence-corrected chi connectivity index (χ3v) is 5.92. The van der Waals surface area contributed by atoms with Gasteiger partial charge < -0.3 is 9.73 Å². The molecule has 132 valence electrons. The molecule has 2 heterocycles. The van der Waals surface area contributed by atoms with E-state index in [0.29, 0.717) is 27.6 Å². The first-order valence-corrected chi connectivity index (χ1v) is 9.31. The van der Waals surface area contributed by atoms with Crippen LogP contribution in [0.25, 0.3) is 11.1 Å². The predicted molar refractivity (Wildman–Crippen MR) is 99.3 cm³/mol. The molecule has 1 aliphatic carbocycles. The summed E-state index contributed by atoms with van der Waals surface area (Å²) in [5, 5.41) is 12.9. The molecule has 7 heteroatoms. The maximum absolute atomic E-state index is 12.5. The summed E-state index contributed by atoms with van der Waals surface area (Å²) in [6.07, 6.45) is 2.87. The van der Waals surface area contributed by atoms with Gasteiger partial charge in [-0.1, -0.05) is 19.1 Å². The van der Waals surface area contributed by atoms with Gasteiger partial charge in [-0.15, -0.1) is 11.3 Å². The van der Waals surface area contributed by atoms with E-state index in [1.54, 1.807) is 24.3 Å². The Balaban J connectivity index is 1.60. The monoisotopic (exact) mass is 367 g/mol. The van der Waals surface area contributed by atoms with Crippen molar-refractivity contribution in [2.75, 3.05) is 5.32 Å². The number of para-hydroxylation sites is 2. The maximum Gasteiger partial charge on any atom is 0.420 e. The van der Waals surface area contributed by atoms with Crippen LogP contribution in [0.2, 0.25) is 0 Å². The fourth-order valence-electron chi connectivity index (χ4n) is 3.43. The van der Waals surface area contributed by atoms with Crippen LogP contribution < -0.4 is 11.1 Å². The third-order valence-electron chi connectivity index (χ3n) is 4.75. The van der Waals surface area contributed by atoms with Crippen LogP contribution in [0, 0.1) is 17.2 Å². The summed E-state index contributed by atoms with van der Waals surface area (Å²) in [6, 6.07) is 9.21. The van der Waals surface area contributed by atoms with Crippen molar-refractivity contribution in [2.45, 2.75) is 32.7 Å². The molecule has 26 heavy (non-hydrogen) atoms. The number of carbonyl (C=O) groups is 1. The van der Waals surface area contributed by atoms with Crippen molar-refractivity contribution in [1.82, 2.24) is 4.57 Å². The highest BCUT2D eigenvalue weighted by Gasteiger charge is 2.25. The largest absolute Gasteiger partial charge is 0.420 e. The van der Waals surface area contributed by atoms with Gasteiger partial charge >= 0.3 is 5.76 Å². The molecule has 1 atom stereocenters. The van der Waals surface area contributed by atoms with Crippen molar-refractivity contribution < 1.29 is 9.21 Å². The highest BCUT2D eigenvalue weighted by Crippen LogP contribution is 2.39. The average molecular weight is 367 g/mol. The molecule has 3 aromatic rings. The van der Waals surface area contributed by atoms with E-state index in [2.05, 4.69) is 18.3 Å². The first-order valence-electron chi connectivity index (χ1n) is 8.49. The molecule has 1 N–H and O–H groups in total. The minimum Gasteiger partial charge on any atom is -0.408 e. The predicted octanol–water partition coefficient (Wildman–Crippen LogP) is 3.29. The summed E-state index contributed by atoms with van der Waals surface area (Å²) < 4.78 is 6.45. The number of nitrogens with one attached hydrogen (secondary N) is 1. The Kier molecular flexibility index (Phi) is 4.13. The number of hydrogen-bond donors (Lipinski definition) is 1. The lowest BCUT2D eigenvalue weighted by molar-refractivity contribution is -0.116. The molecule has 4 rings (SSSR count). The first kappa shape index (κ1) is 16.6. The quantitative estimate of drug-likeness (QED) is 0.769. The normalized spacial score (nSPS) is 16.2. The highest BCUT2D eigenvalue weighted by atomic mass is 32.1. The molecule has 1 aromatic carbocycles. The van der Waals surface area contributed by atoms with Gasteiger partial charge in [-0.25, -0.2) is 4.79 Å². The van der Waals surface area contributed by atoms with E-state index >= 15 is 0 Å². The van der Waals surface area contributed by atoms with Crippen molar-refractivity contribution in [3.63, 3.8) is 0 Å². The zero-order valence-corrected chi connectivity index (χ0v) is 15.1. The van der Waals surface area contributed by atoms with Crippen LogP contribution in [-0.2, 0) is 24.2 Å². The molecular weight excluding hydrogens is 350 g/mol. The zero-order chi connectivity index (χ0) is 18.3. The number of benzene rings is 1. The van der Waals surface area contributed by atoms with Crippen LogP contribution in [-0.4, -0.2) is 10.5 Å². The van der Waals surface area contributed by atoms with Crippen molar-refractivity contribution >= 4 is 33.3 Å². The number of carbonyl (C=O) groups excluding carboxylic acids is 1. The van der Waals surface area contributed by atoms with Crippen molar-refractivity contribution in [3.05, 3.63) is 50.8 Å². The number of aromatic nitrogens is 1. The Morgan fingerprint density at radius 1 is 1.46 bits per heavy atom. The van der Waals surface area contributed by atoms with Crippen LogP contribution >= 0.6 is 11.3 Å². The molecule has 6 nitrogen and oxygen atoms in total. The number of amides is 1. The fourth-order valence-corrected chi connectivity index (χ4v) is 4.81. The van der Waals surface area contributed by atoms with Crippen molar-refractivity contribution in [1.29, 1.82) is 5.26 Å². The van der Waals surface area contributed by atoms with E-state index in [4.69, 9.17) is 4.42 Å². The van der Waals surface area contributed by atoms with Gasteiger partial charge in [0.1, 0.15) is 17.6 Å². The Bertz CT molecular complexity index is 1100.